The molecular weight excluding hydrogens is 250 g/mol. The first kappa shape index (κ1) is 18.3. The summed E-state index contributed by atoms with van der Waals surface area (Å²) in [5.74, 6) is -1.31. The van der Waals surface area contributed by atoms with Crippen molar-refractivity contribution >= 4 is 5.97 Å². The number of rotatable bonds is 13. The third-order valence-corrected chi connectivity index (χ3v) is 3.07. The van der Waals surface area contributed by atoms with Crippen LogP contribution in [0, 0.1) is 0 Å². The fraction of sp³-hybridized carbons (Fsp3) is 0.923. The number of hydrogen-bond donors (Lipinski definition) is 2. The highest BCUT2D eigenvalue weighted by molar-refractivity contribution is 5.65. The molecule has 6 nitrogen and oxygen atoms in total. The highest BCUT2D eigenvalue weighted by Gasteiger charge is 2.26. The van der Waals surface area contributed by atoms with Gasteiger partial charge in [0.05, 0.1) is 12.6 Å². The zero-order valence-electron chi connectivity index (χ0n) is 11.8. The van der Waals surface area contributed by atoms with Gasteiger partial charge < -0.3 is 24.9 Å². The van der Waals surface area contributed by atoms with Gasteiger partial charge in [0.15, 0.2) is 20.2 Å². The van der Waals surface area contributed by atoms with Crippen LogP contribution >= 0.6 is 0 Å². The maximum atomic E-state index is 10.6. The number of aliphatic carboxylic acids is 1. The minimum Gasteiger partial charge on any atom is -0.544 e. The van der Waals surface area contributed by atoms with Crippen molar-refractivity contribution in [1.29, 1.82) is 0 Å². The van der Waals surface area contributed by atoms with E-state index in [0.717, 1.165) is 12.8 Å². The number of carboxylic acids is 1. The average molecular weight is 277 g/mol. The smallest absolute Gasteiger partial charge is 0.187 e. The molecule has 0 aliphatic heterocycles. The number of carbonyl (C=O) groups is 1. The van der Waals surface area contributed by atoms with Crippen LogP contribution in [0.2, 0.25) is 0 Å². The normalized spacial score (nSPS) is 11.7. The Morgan fingerprint density at radius 1 is 1.11 bits per heavy atom. The number of carboxylic acid groups (broad SMARTS) is 1. The maximum Gasteiger partial charge on any atom is 0.187 e. The SMILES string of the molecule is CCCCCCCCOC[N+](CO)(CO)CC(=O)[O-]. The van der Waals surface area contributed by atoms with E-state index < -0.39 is 30.5 Å². The van der Waals surface area contributed by atoms with Crippen LogP contribution in [-0.2, 0) is 9.53 Å². The van der Waals surface area contributed by atoms with E-state index in [4.69, 9.17) is 14.9 Å². The summed E-state index contributed by atoms with van der Waals surface area (Å²) in [5, 5.41) is 28.9. The van der Waals surface area contributed by atoms with Crippen LogP contribution in [-0.4, -0.2) is 54.0 Å². The number of quaternary nitrogens is 1. The van der Waals surface area contributed by atoms with Gasteiger partial charge in [-0.2, -0.15) is 0 Å². The topological polar surface area (TPSA) is 89.8 Å². The predicted octanol–water partition coefficient (Wildman–Crippen LogP) is -0.213. The van der Waals surface area contributed by atoms with Crippen LogP contribution in [0.3, 0.4) is 0 Å². The second kappa shape index (κ2) is 11.2. The summed E-state index contributed by atoms with van der Waals surface area (Å²) in [6.45, 7) is 1.24. The van der Waals surface area contributed by atoms with Gasteiger partial charge in [-0.25, -0.2) is 0 Å². The van der Waals surface area contributed by atoms with Crippen molar-refractivity contribution in [3.63, 3.8) is 0 Å². The minimum absolute atomic E-state index is 0.0179. The maximum absolute atomic E-state index is 10.6. The van der Waals surface area contributed by atoms with Crippen LogP contribution in [0.25, 0.3) is 0 Å². The average Bonchev–Trinajstić information content (AvgIpc) is 2.40. The van der Waals surface area contributed by atoms with E-state index in [1.807, 2.05) is 0 Å². The van der Waals surface area contributed by atoms with Gasteiger partial charge in [0.25, 0.3) is 0 Å². The number of nitrogens with zero attached hydrogens (tertiary/aromatic N) is 1. The first-order valence-electron chi connectivity index (χ1n) is 6.94. The third-order valence-electron chi connectivity index (χ3n) is 3.07. The third kappa shape index (κ3) is 8.93. The Morgan fingerprint density at radius 3 is 2.21 bits per heavy atom. The highest BCUT2D eigenvalue weighted by Crippen LogP contribution is 2.07. The lowest BCUT2D eigenvalue weighted by atomic mass is 10.1. The second-order valence-corrected chi connectivity index (χ2v) is 4.96. The summed E-state index contributed by atoms with van der Waals surface area (Å²) >= 11 is 0. The minimum atomic E-state index is -1.31. The Bertz CT molecular complexity index is 231. The molecule has 0 spiro atoms. The molecule has 0 atom stereocenters. The molecule has 0 aromatic carbocycles. The van der Waals surface area contributed by atoms with Gasteiger partial charge in [-0.1, -0.05) is 39.0 Å². The van der Waals surface area contributed by atoms with Gasteiger partial charge in [0, 0.05) is 0 Å². The number of ether oxygens (including phenoxy) is 1. The molecule has 0 unspecified atom stereocenters. The first-order chi connectivity index (χ1) is 9.10. The molecule has 19 heavy (non-hydrogen) atoms. The van der Waals surface area contributed by atoms with Gasteiger partial charge in [-0.3, -0.25) is 4.48 Å². The number of aliphatic hydroxyl groups excluding tert-OH is 2. The van der Waals surface area contributed by atoms with E-state index in [-0.39, 0.29) is 6.73 Å². The van der Waals surface area contributed by atoms with Crippen LogP contribution in [0.1, 0.15) is 45.4 Å². The number of aliphatic hydroxyl groups is 2. The molecule has 6 heteroatoms. The van der Waals surface area contributed by atoms with Crippen molar-refractivity contribution in [2.45, 2.75) is 45.4 Å². The van der Waals surface area contributed by atoms with Gasteiger partial charge >= 0.3 is 0 Å². The molecule has 0 aliphatic rings. The fourth-order valence-electron chi connectivity index (χ4n) is 1.79. The van der Waals surface area contributed by atoms with E-state index in [1.165, 1.54) is 25.7 Å². The Balaban J connectivity index is 3.73. The Kier molecular flexibility index (Phi) is 10.8. The number of hydrogen-bond acceptors (Lipinski definition) is 5. The fourth-order valence-corrected chi connectivity index (χ4v) is 1.79. The summed E-state index contributed by atoms with van der Waals surface area (Å²) in [6, 6.07) is 0. The second-order valence-electron chi connectivity index (χ2n) is 4.96. The van der Waals surface area contributed by atoms with Crippen molar-refractivity contribution in [3.8, 4) is 0 Å². The quantitative estimate of drug-likeness (QED) is 0.276. The monoisotopic (exact) mass is 277 g/mol. The lowest BCUT2D eigenvalue weighted by Gasteiger charge is -2.33. The summed E-state index contributed by atoms with van der Waals surface area (Å²) in [7, 11) is 0. The van der Waals surface area contributed by atoms with Crippen LogP contribution in [0.4, 0.5) is 0 Å². The van der Waals surface area contributed by atoms with Crippen molar-refractivity contribution in [3.05, 3.63) is 0 Å². The molecule has 0 heterocycles. The van der Waals surface area contributed by atoms with Crippen LogP contribution in [0.5, 0.6) is 0 Å². The van der Waals surface area contributed by atoms with E-state index in [0.29, 0.717) is 6.61 Å². The molecule has 0 fully saturated rings. The van der Waals surface area contributed by atoms with E-state index in [9.17, 15) is 9.90 Å². The molecule has 114 valence electrons. The van der Waals surface area contributed by atoms with Crippen molar-refractivity contribution in [2.24, 2.45) is 0 Å². The lowest BCUT2D eigenvalue weighted by molar-refractivity contribution is -0.972. The molecule has 0 saturated heterocycles. The van der Waals surface area contributed by atoms with Crippen molar-refractivity contribution in [1.82, 2.24) is 0 Å². The Morgan fingerprint density at radius 2 is 1.68 bits per heavy atom. The Labute approximate surface area is 115 Å². The molecule has 0 radical (unpaired) electrons. The van der Waals surface area contributed by atoms with Crippen LogP contribution in [0.15, 0.2) is 0 Å². The molecule has 0 rings (SSSR count). The van der Waals surface area contributed by atoms with Gasteiger partial charge in [-0.05, 0) is 6.42 Å². The zero-order chi connectivity index (χ0) is 14.6. The largest absolute Gasteiger partial charge is 0.544 e. The van der Waals surface area contributed by atoms with E-state index in [2.05, 4.69) is 6.92 Å². The zero-order valence-corrected chi connectivity index (χ0v) is 11.8. The summed E-state index contributed by atoms with van der Waals surface area (Å²) in [6.07, 6.45) is 6.86. The van der Waals surface area contributed by atoms with Gasteiger partial charge in [-0.15, -0.1) is 0 Å². The van der Waals surface area contributed by atoms with Gasteiger partial charge in [0.2, 0.25) is 0 Å². The first-order valence-corrected chi connectivity index (χ1v) is 6.94. The van der Waals surface area contributed by atoms with E-state index >= 15 is 0 Å². The standard InChI is InChI=1S/C13H27NO5/c1-2-3-4-5-6-7-8-19-12-14(10-15,11-16)9-13(17)18/h15-16H,2-12H2,1H3. The lowest BCUT2D eigenvalue weighted by Crippen LogP contribution is -2.56. The number of unbranched alkanes of at least 4 members (excludes halogenated alkanes) is 5. The Hall–Kier alpha value is -0.690. The molecule has 0 aromatic rings. The summed E-state index contributed by atoms with van der Waals surface area (Å²) in [4.78, 5) is 10.6. The molecule has 0 saturated carbocycles. The van der Waals surface area contributed by atoms with Crippen LogP contribution < -0.4 is 5.11 Å². The van der Waals surface area contributed by atoms with Crippen molar-refractivity contribution in [2.75, 3.05) is 33.3 Å². The highest BCUT2D eigenvalue weighted by atomic mass is 16.5. The molecule has 0 aliphatic carbocycles. The molecule has 0 bridgehead atoms. The van der Waals surface area contributed by atoms with E-state index in [1.54, 1.807) is 0 Å². The van der Waals surface area contributed by atoms with Crippen molar-refractivity contribution < 1.29 is 29.3 Å². The molecule has 0 aromatic heterocycles. The number of carbonyl (C=O) groups excluding carboxylic acids is 1. The molecule has 2 N–H and O–H groups in total. The summed E-state index contributed by atoms with van der Waals surface area (Å²) < 4.78 is 4.92. The molecule has 0 amide bonds. The predicted molar refractivity (Wildman–Crippen MR) is 68.5 cm³/mol. The molecular formula is C13H27NO5. The van der Waals surface area contributed by atoms with Gasteiger partial charge in [0.1, 0.15) is 6.54 Å². The summed E-state index contributed by atoms with van der Waals surface area (Å²) in [5.41, 5.74) is 0.